The van der Waals surface area contributed by atoms with Crippen LogP contribution in [0.3, 0.4) is 0 Å². The second-order valence-electron chi connectivity index (χ2n) is 6.63. The van der Waals surface area contributed by atoms with Gasteiger partial charge in [0.1, 0.15) is 0 Å². The zero-order valence-electron chi connectivity index (χ0n) is 13.3. The van der Waals surface area contributed by atoms with Crippen LogP contribution in [0.15, 0.2) is 24.3 Å². The molecule has 1 unspecified atom stereocenters. The lowest BCUT2D eigenvalue weighted by atomic mass is 9.82. The average molecular weight is 324 g/mol. The number of sulfone groups is 1. The van der Waals surface area contributed by atoms with Crippen molar-refractivity contribution in [3.8, 4) is 0 Å². The van der Waals surface area contributed by atoms with Crippen LogP contribution in [0, 0.1) is 6.92 Å². The smallest absolute Gasteiger partial charge is 0.315 e. The van der Waals surface area contributed by atoms with Gasteiger partial charge in [0.15, 0.2) is 9.84 Å². The van der Waals surface area contributed by atoms with Crippen LogP contribution < -0.4 is 10.6 Å². The molecule has 0 radical (unpaired) electrons. The number of hydrogen-bond acceptors (Lipinski definition) is 3. The standard InChI is InChI=1S/C16H24N2O3S/c1-12-6-4-5-7-14(12)16(2,3)11-17-15(19)18-13-8-9-22(20,21)10-13/h4-7,13H,8-11H2,1-3H3,(H2,17,18,19). The number of urea groups is 1. The summed E-state index contributed by atoms with van der Waals surface area (Å²) in [7, 11) is -2.98. The average Bonchev–Trinajstić information content (AvgIpc) is 2.76. The summed E-state index contributed by atoms with van der Waals surface area (Å²) in [4.78, 5) is 12.0. The van der Waals surface area contributed by atoms with E-state index >= 15 is 0 Å². The Labute approximate surface area is 132 Å². The van der Waals surface area contributed by atoms with Crippen LogP contribution in [0.4, 0.5) is 4.79 Å². The second-order valence-corrected chi connectivity index (χ2v) is 8.85. The molecule has 0 saturated carbocycles. The molecule has 1 saturated heterocycles. The van der Waals surface area contributed by atoms with Crippen LogP contribution in [-0.4, -0.2) is 38.5 Å². The highest BCUT2D eigenvalue weighted by molar-refractivity contribution is 7.91. The normalized spacial score (nSPS) is 20.6. The Balaban J connectivity index is 1.89. The molecule has 122 valence electrons. The quantitative estimate of drug-likeness (QED) is 0.886. The minimum absolute atomic E-state index is 0.0433. The van der Waals surface area contributed by atoms with Crippen molar-refractivity contribution in [3.63, 3.8) is 0 Å². The minimum Gasteiger partial charge on any atom is -0.337 e. The Morgan fingerprint density at radius 2 is 2.00 bits per heavy atom. The van der Waals surface area contributed by atoms with Gasteiger partial charge in [-0.1, -0.05) is 38.1 Å². The number of carbonyl (C=O) groups excluding carboxylic acids is 1. The van der Waals surface area contributed by atoms with Crippen LogP contribution >= 0.6 is 0 Å². The van der Waals surface area contributed by atoms with Crippen molar-refractivity contribution in [2.45, 2.75) is 38.6 Å². The lowest BCUT2D eigenvalue weighted by Gasteiger charge is -2.27. The SMILES string of the molecule is Cc1ccccc1C(C)(C)CNC(=O)NC1CCS(=O)(=O)C1. The number of hydrogen-bond donors (Lipinski definition) is 2. The third kappa shape index (κ3) is 4.22. The molecule has 1 aromatic carbocycles. The zero-order chi connectivity index (χ0) is 16.4. The monoisotopic (exact) mass is 324 g/mol. The number of benzene rings is 1. The Morgan fingerprint density at radius 3 is 2.59 bits per heavy atom. The van der Waals surface area contributed by atoms with Gasteiger partial charge in [0.2, 0.25) is 0 Å². The highest BCUT2D eigenvalue weighted by Gasteiger charge is 2.29. The van der Waals surface area contributed by atoms with Gasteiger partial charge in [-0.05, 0) is 24.5 Å². The van der Waals surface area contributed by atoms with E-state index in [0.29, 0.717) is 13.0 Å². The van der Waals surface area contributed by atoms with E-state index in [-0.39, 0.29) is 29.0 Å². The molecule has 1 fully saturated rings. The van der Waals surface area contributed by atoms with Crippen LogP contribution in [0.1, 0.15) is 31.4 Å². The van der Waals surface area contributed by atoms with Crippen molar-refractivity contribution in [2.24, 2.45) is 0 Å². The van der Waals surface area contributed by atoms with Crippen molar-refractivity contribution in [1.29, 1.82) is 0 Å². The predicted octanol–water partition coefficient (Wildman–Crippen LogP) is 1.76. The van der Waals surface area contributed by atoms with Crippen molar-refractivity contribution < 1.29 is 13.2 Å². The van der Waals surface area contributed by atoms with Crippen LogP contribution in [0.25, 0.3) is 0 Å². The molecule has 1 atom stereocenters. The molecule has 1 aliphatic heterocycles. The molecule has 1 aromatic rings. The first-order valence-corrected chi connectivity index (χ1v) is 9.33. The van der Waals surface area contributed by atoms with E-state index in [1.165, 1.54) is 11.1 Å². The summed E-state index contributed by atoms with van der Waals surface area (Å²) in [6, 6.07) is 7.54. The molecule has 2 rings (SSSR count). The van der Waals surface area contributed by atoms with Gasteiger partial charge in [-0.3, -0.25) is 0 Å². The topological polar surface area (TPSA) is 75.3 Å². The number of amides is 2. The summed E-state index contributed by atoms with van der Waals surface area (Å²) in [5.74, 6) is 0.203. The number of nitrogens with one attached hydrogen (secondary N) is 2. The maximum Gasteiger partial charge on any atom is 0.315 e. The Kier molecular flexibility index (Phi) is 4.80. The molecule has 6 heteroatoms. The highest BCUT2D eigenvalue weighted by atomic mass is 32.2. The van der Waals surface area contributed by atoms with Gasteiger partial charge in [0, 0.05) is 18.0 Å². The molecule has 0 aromatic heterocycles. The molecule has 2 amide bonds. The van der Waals surface area contributed by atoms with Crippen LogP contribution in [-0.2, 0) is 15.3 Å². The first-order valence-electron chi connectivity index (χ1n) is 7.50. The van der Waals surface area contributed by atoms with Gasteiger partial charge in [0.05, 0.1) is 11.5 Å². The Bertz CT molecular complexity index is 653. The summed E-state index contributed by atoms with van der Waals surface area (Å²) in [5, 5.41) is 5.60. The molecule has 2 N–H and O–H groups in total. The van der Waals surface area contributed by atoms with Gasteiger partial charge >= 0.3 is 6.03 Å². The maximum atomic E-state index is 12.0. The fourth-order valence-electron chi connectivity index (χ4n) is 2.87. The molecule has 5 nitrogen and oxygen atoms in total. The molecular formula is C16H24N2O3S. The first-order chi connectivity index (χ1) is 10.2. The molecule has 0 spiro atoms. The highest BCUT2D eigenvalue weighted by Crippen LogP contribution is 2.25. The summed E-state index contributed by atoms with van der Waals surface area (Å²) in [6.07, 6.45) is 0.497. The maximum absolute atomic E-state index is 12.0. The zero-order valence-corrected chi connectivity index (χ0v) is 14.2. The summed E-state index contributed by atoms with van der Waals surface area (Å²) < 4.78 is 22.8. The van der Waals surface area contributed by atoms with Gasteiger partial charge in [-0.2, -0.15) is 0 Å². The lowest BCUT2D eigenvalue weighted by Crippen LogP contribution is -2.46. The molecule has 1 heterocycles. The van der Waals surface area contributed by atoms with E-state index < -0.39 is 9.84 Å². The van der Waals surface area contributed by atoms with Crippen molar-refractivity contribution >= 4 is 15.9 Å². The summed E-state index contributed by atoms with van der Waals surface area (Å²) in [5.41, 5.74) is 2.19. The summed E-state index contributed by atoms with van der Waals surface area (Å²) >= 11 is 0. The van der Waals surface area contributed by atoms with E-state index in [4.69, 9.17) is 0 Å². The van der Waals surface area contributed by atoms with Gasteiger partial charge in [-0.15, -0.1) is 0 Å². The number of carbonyl (C=O) groups is 1. The van der Waals surface area contributed by atoms with Gasteiger partial charge in [0.25, 0.3) is 0 Å². The minimum atomic E-state index is -2.98. The lowest BCUT2D eigenvalue weighted by molar-refractivity contribution is 0.235. The number of rotatable bonds is 4. The third-order valence-corrected chi connectivity index (χ3v) is 5.90. The van der Waals surface area contributed by atoms with E-state index in [1.807, 2.05) is 12.1 Å². The molecule has 0 bridgehead atoms. The van der Waals surface area contributed by atoms with Gasteiger partial charge in [-0.25, -0.2) is 13.2 Å². The Hall–Kier alpha value is -1.56. The fourth-order valence-corrected chi connectivity index (χ4v) is 4.55. The summed E-state index contributed by atoms with van der Waals surface area (Å²) in [6.45, 7) is 6.70. The van der Waals surface area contributed by atoms with E-state index in [9.17, 15) is 13.2 Å². The molecular weight excluding hydrogens is 300 g/mol. The molecule has 22 heavy (non-hydrogen) atoms. The van der Waals surface area contributed by atoms with Crippen molar-refractivity contribution in [1.82, 2.24) is 10.6 Å². The van der Waals surface area contributed by atoms with Crippen LogP contribution in [0.5, 0.6) is 0 Å². The first kappa shape index (κ1) is 16.8. The van der Waals surface area contributed by atoms with Crippen LogP contribution in [0.2, 0.25) is 0 Å². The van der Waals surface area contributed by atoms with Crippen molar-refractivity contribution in [2.75, 3.05) is 18.1 Å². The van der Waals surface area contributed by atoms with E-state index in [1.54, 1.807) is 0 Å². The third-order valence-electron chi connectivity index (χ3n) is 4.13. The van der Waals surface area contributed by atoms with E-state index in [2.05, 4.69) is 43.5 Å². The molecule has 0 aliphatic carbocycles. The largest absolute Gasteiger partial charge is 0.337 e. The van der Waals surface area contributed by atoms with E-state index in [0.717, 1.165) is 0 Å². The second kappa shape index (κ2) is 6.28. The molecule has 1 aliphatic rings. The van der Waals surface area contributed by atoms with Crippen molar-refractivity contribution in [3.05, 3.63) is 35.4 Å². The Morgan fingerprint density at radius 1 is 1.32 bits per heavy atom. The fraction of sp³-hybridized carbons (Fsp3) is 0.562. The predicted molar refractivity (Wildman–Crippen MR) is 87.8 cm³/mol. The number of aryl methyl sites for hydroxylation is 1. The van der Waals surface area contributed by atoms with Gasteiger partial charge < -0.3 is 10.6 Å².